The molecule has 1 aromatic rings. The van der Waals surface area contributed by atoms with Gasteiger partial charge in [-0.05, 0) is 43.4 Å². The van der Waals surface area contributed by atoms with Gasteiger partial charge in [-0.25, -0.2) is 0 Å². The van der Waals surface area contributed by atoms with Crippen molar-refractivity contribution in [2.45, 2.75) is 26.7 Å². The van der Waals surface area contributed by atoms with Gasteiger partial charge in [-0.3, -0.25) is 4.79 Å². The summed E-state index contributed by atoms with van der Waals surface area (Å²) < 4.78 is 1.03. The molecule has 2 rings (SSSR count). The van der Waals surface area contributed by atoms with Gasteiger partial charge < -0.3 is 5.32 Å². The van der Waals surface area contributed by atoms with Gasteiger partial charge in [0.1, 0.15) is 0 Å². The van der Waals surface area contributed by atoms with Crippen LogP contribution in [-0.4, -0.2) is 5.91 Å². The summed E-state index contributed by atoms with van der Waals surface area (Å²) in [7, 11) is 0. The van der Waals surface area contributed by atoms with Gasteiger partial charge in [0, 0.05) is 16.1 Å². The number of halogens is 1. The van der Waals surface area contributed by atoms with Crippen LogP contribution in [0.5, 0.6) is 0 Å². The second-order valence-corrected chi connectivity index (χ2v) is 5.43. The van der Waals surface area contributed by atoms with Gasteiger partial charge in [0.05, 0.1) is 0 Å². The third-order valence-electron chi connectivity index (χ3n) is 3.18. The van der Waals surface area contributed by atoms with Gasteiger partial charge >= 0.3 is 0 Å². The zero-order valence-corrected chi connectivity index (χ0v) is 11.2. The molecule has 1 unspecified atom stereocenters. The summed E-state index contributed by atoms with van der Waals surface area (Å²) in [4.78, 5) is 11.9. The van der Waals surface area contributed by atoms with Gasteiger partial charge in [0.2, 0.25) is 5.91 Å². The maximum atomic E-state index is 11.9. The third-order valence-corrected chi connectivity index (χ3v) is 4.04. The molecule has 2 nitrogen and oxygen atoms in total. The van der Waals surface area contributed by atoms with Crippen molar-refractivity contribution in [2.24, 2.45) is 11.8 Å². The average molecular weight is 282 g/mol. The number of aryl methyl sites for hydroxylation is 1. The molecule has 1 amide bonds. The summed E-state index contributed by atoms with van der Waals surface area (Å²) >= 11 is 3.46. The lowest BCUT2D eigenvalue weighted by atomic mass is 10.1. The van der Waals surface area contributed by atoms with Gasteiger partial charge in [0.15, 0.2) is 0 Å². The maximum Gasteiger partial charge on any atom is 0.227 e. The molecule has 1 saturated carbocycles. The molecule has 0 heterocycles. The predicted octanol–water partition coefficient (Wildman–Crippen LogP) is 3.74. The number of hydrogen-bond acceptors (Lipinski definition) is 1. The Morgan fingerprint density at radius 3 is 2.75 bits per heavy atom. The molecule has 1 N–H and O–H groups in total. The summed E-state index contributed by atoms with van der Waals surface area (Å²) in [6.07, 6.45) is 2.40. The van der Waals surface area contributed by atoms with Crippen LogP contribution < -0.4 is 5.32 Å². The minimum Gasteiger partial charge on any atom is -0.326 e. The van der Waals surface area contributed by atoms with E-state index in [0.717, 1.165) is 10.2 Å². The number of anilines is 1. The van der Waals surface area contributed by atoms with Crippen LogP contribution in [0.3, 0.4) is 0 Å². The summed E-state index contributed by atoms with van der Waals surface area (Å²) in [5.74, 6) is 0.882. The van der Waals surface area contributed by atoms with Crippen molar-refractivity contribution in [3.63, 3.8) is 0 Å². The van der Waals surface area contributed by atoms with E-state index in [-0.39, 0.29) is 11.8 Å². The Morgan fingerprint density at radius 1 is 1.50 bits per heavy atom. The van der Waals surface area contributed by atoms with E-state index in [1.807, 2.05) is 32.0 Å². The van der Waals surface area contributed by atoms with E-state index in [0.29, 0.717) is 5.92 Å². The fourth-order valence-electron chi connectivity index (χ4n) is 1.74. The molecule has 16 heavy (non-hydrogen) atoms. The van der Waals surface area contributed by atoms with Crippen LogP contribution in [0.4, 0.5) is 5.69 Å². The topological polar surface area (TPSA) is 29.1 Å². The number of nitrogens with one attached hydrogen (secondary N) is 1. The van der Waals surface area contributed by atoms with E-state index in [1.165, 1.54) is 18.4 Å². The Kier molecular flexibility index (Phi) is 3.33. The predicted molar refractivity (Wildman–Crippen MR) is 69.4 cm³/mol. The van der Waals surface area contributed by atoms with Crippen molar-refractivity contribution in [1.29, 1.82) is 0 Å². The molecular weight excluding hydrogens is 266 g/mol. The molecule has 1 aliphatic carbocycles. The van der Waals surface area contributed by atoms with Crippen LogP contribution in [0.15, 0.2) is 22.7 Å². The monoisotopic (exact) mass is 281 g/mol. The van der Waals surface area contributed by atoms with Crippen LogP contribution in [0.1, 0.15) is 25.3 Å². The largest absolute Gasteiger partial charge is 0.326 e. The van der Waals surface area contributed by atoms with Crippen molar-refractivity contribution in [2.75, 3.05) is 5.32 Å². The quantitative estimate of drug-likeness (QED) is 0.899. The molecule has 0 radical (unpaired) electrons. The number of benzene rings is 1. The standard InChI is InChI=1S/C13H16BrNO/c1-8-3-6-11(7-12(8)14)15-13(16)9(2)10-4-5-10/h3,6-7,9-10H,4-5H2,1-2H3,(H,15,16). The molecular formula is C13H16BrNO. The van der Waals surface area contributed by atoms with E-state index >= 15 is 0 Å². The number of amides is 1. The molecule has 0 aromatic heterocycles. The summed E-state index contributed by atoms with van der Waals surface area (Å²) in [5, 5.41) is 2.96. The molecule has 1 aromatic carbocycles. The van der Waals surface area contributed by atoms with Gasteiger partial charge in [-0.1, -0.05) is 28.9 Å². The third kappa shape index (κ3) is 2.64. The number of carbonyl (C=O) groups is 1. The van der Waals surface area contributed by atoms with E-state index < -0.39 is 0 Å². The van der Waals surface area contributed by atoms with Crippen LogP contribution in [0, 0.1) is 18.8 Å². The Balaban J connectivity index is 2.02. The average Bonchev–Trinajstić information content (AvgIpc) is 3.06. The normalized spacial score (nSPS) is 16.9. The first kappa shape index (κ1) is 11.6. The second-order valence-electron chi connectivity index (χ2n) is 4.58. The van der Waals surface area contributed by atoms with Crippen molar-refractivity contribution in [3.8, 4) is 0 Å². The van der Waals surface area contributed by atoms with E-state index in [2.05, 4.69) is 21.2 Å². The SMILES string of the molecule is Cc1ccc(NC(=O)C(C)C2CC2)cc1Br. The Labute approximate surface area is 105 Å². The molecule has 3 heteroatoms. The molecule has 0 spiro atoms. The van der Waals surface area contributed by atoms with E-state index in [1.54, 1.807) is 0 Å². The summed E-state index contributed by atoms with van der Waals surface area (Å²) in [6.45, 7) is 4.04. The Hall–Kier alpha value is -0.830. The zero-order valence-electron chi connectivity index (χ0n) is 9.59. The smallest absolute Gasteiger partial charge is 0.227 e. The van der Waals surface area contributed by atoms with Crippen LogP contribution in [-0.2, 0) is 4.79 Å². The molecule has 0 bridgehead atoms. The number of carbonyl (C=O) groups excluding carboxylic acids is 1. The van der Waals surface area contributed by atoms with Crippen LogP contribution in [0.25, 0.3) is 0 Å². The number of rotatable bonds is 3. The molecule has 1 fully saturated rings. The van der Waals surface area contributed by atoms with Crippen molar-refractivity contribution >= 4 is 27.5 Å². The molecule has 0 saturated heterocycles. The highest BCUT2D eigenvalue weighted by Gasteiger charge is 2.32. The second kappa shape index (κ2) is 4.58. The first-order valence-electron chi connectivity index (χ1n) is 5.65. The first-order valence-corrected chi connectivity index (χ1v) is 6.44. The summed E-state index contributed by atoms with van der Waals surface area (Å²) in [6, 6.07) is 5.89. The summed E-state index contributed by atoms with van der Waals surface area (Å²) in [5.41, 5.74) is 2.04. The molecule has 86 valence electrons. The van der Waals surface area contributed by atoms with Gasteiger partial charge in [-0.2, -0.15) is 0 Å². The highest BCUT2D eigenvalue weighted by atomic mass is 79.9. The highest BCUT2D eigenvalue weighted by molar-refractivity contribution is 9.10. The first-order chi connectivity index (χ1) is 7.58. The van der Waals surface area contributed by atoms with Crippen molar-refractivity contribution in [1.82, 2.24) is 0 Å². The van der Waals surface area contributed by atoms with Crippen LogP contribution in [0.2, 0.25) is 0 Å². The minimum atomic E-state index is 0.137. The van der Waals surface area contributed by atoms with Crippen molar-refractivity contribution in [3.05, 3.63) is 28.2 Å². The minimum absolute atomic E-state index is 0.137. The van der Waals surface area contributed by atoms with Gasteiger partial charge in [0.25, 0.3) is 0 Å². The zero-order chi connectivity index (χ0) is 11.7. The Bertz CT molecular complexity index is 412. The maximum absolute atomic E-state index is 11.9. The lowest BCUT2D eigenvalue weighted by Crippen LogP contribution is -2.21. The van der Waals surface area contributed by atoms with Crippen molar-refractivity contribution < 1.29 is 4.79 Å². The fourth-order valence-corrected chi connectivity index (χ4v) is 2.12. The van der Waals surface area contributed by atoms with E-state index in [9.17, 15) is 4.79 Å². The van der Waals surface area contributed by atoms with Crippen LogP contribution >= 0.6 is 15.9 Å². The number of hydrogen-bond donors (Lipinski definition) is 1. The highest BCUT2D eigenvalue weighted by Crippen LogP contribution is 2.37. The Morgan fingerprint density at radius 2 is 2.19 bits per heavy atom. The lowest BCUT2D eigenvalue weighted by Gasteiger charge is -2.11. The van der Waals surface area contributed by atoms with E-state index in [4.69, 9.17) is 0 Å². The fraction of sp³-hybridized carbons (Fsp3) is 0.462. The molecule has 0 aliphatic heterocycles. The molecule has 1 atom stereocenters. The lowest BCUT2D eigenvalue weighted by molar-refractivity contribution is -0.119. The molecule has 1 aliphatic rings. The van der Waals surface area contributed by atoms with Gasteiger partial charge in [-0.15, -0.1) is 0 Å².